The molecule has 4 nitrogen and oxygen atoms in total. The summed E-state index contributed by atoms with van der Waals surface area (Å²) >= 11 is -3.24. The van der Waals surface area contributed by atoms with Gasteiger partial charge in [-0.15, -0.1) is 0 Å². The first kappa shape index (κ1) is 9.75. The maximum absolute atomic E-state index is 10.3. The van der Waals surface area contributed by atoms with Gasteiger partial charge in [0.1, 0.15) is 0 Å². The van der Waals surface area contributed by atoms with Crippen molar-refractivity contribution in [3.8, 4) is 0 Å². The van der Waals surface area contributed by atoms with Crippen molar-refractivity contribution in [2.24, 2.45) is 4.99 Å². The molecule has 0 spiro atoms. The molecule has 0 saturated heterocycles. The molecule has 60 valence electrons. The second-order valence-corrected chi connectivity index (χ2v) is 3.53. The SMILES string of the molecule is CCCCN=C([O-])[Se](=O)O. The van der Waals surface area contributed by atoms with Gasteiger partial charge in [0.25, 0.3) is 0 Å². The van der Waals surface area contributed by atoms with Crippen LogP contribution in [0.5, 0.6) is 0 Å². The van der Waals surface area contributed by atoms with E-state index in [0.29, 0.717) is 6.54 Å². The molecule has 0 aromatic heterocycles. The minimum atomic E-state index is -3.24. The molecule has 0 aliphatic rings. The molecule has 0 radical (unpaired) electrons. The molecule has 1 N–H and O–H groups in total. The van der Waals surface area contributed by atoms with Crippen molar-refractivity contribution >= 4 is 19.0 Å². The number of aliphatic imine (C=N–C) groups is 1. The van der Waals surface area contributed by atoms with E-state index in [1.54, 1.807) is 0 Å². The Hall–Kier alpha value is -0.251. The summed E-state index contributed by atoms with van der Waals surface area (Å²) in [6, 6.07) is 0. The van der Waals surface area contributed by atoms with Gasteiger partial charge in [0, 0.05) is 0 Å². The Labute approximate surface area is 64.0 Å². The van der Waals surface area contributed by atoms with Crippen molar-refractivity contribution in [1.29, 1.82) is 0 Å². The zero-order chi connectivity index (χ0) is 7.98. The third kappa shape index (κ3) is 4.61. The van der Waals surface area contributed by atoms with Gasteiger partial charge in [-0.3, -0.25) is 0 Å². The fourth-order valence-corrected chi connectivity index (χ4v) is 0.807. The van der Waals surface area contributed by atoms with E-state index in [4.69, 9.17) is 4.19 Å². The summed E-state index contributed by atoms with van der Waals surface area (Å²) in [4.78, 5) is 2.53. The first-order chi connectivity index (χ1) is 4.68. The number of rotatable bonds is 4. The normalized spacial score (nSPS) is 15.2. The van der Waals surface area contributed by atoms with Gasteiger partial charge >= 0.3 is 63.4 Å². The number of nitrogens with zero attached hydrogens (tertiary/aromatic N) is 1. The zero-order valence-electron chi connectivity index (χ0n) is 5.74. The van der Waals surface area contributed by atoms with Gasteiger partial charge < -0.3 is 0 Å². The van der Waals surface area contributed by atoms with Gasteiger partial charge in [0.05, 0.1) is 0 Å². The van der Waals surface area contributed by atoms with E-state index < -0.39 is 19.0 Å². The van der Waals surface area contributed by atoms with Crippen molar-refractivity contribution in [2.75, 3.05) is 6.54 Å². The number of hydrogen-bond acceptors (Lipinski definition) is 3. The van der Waals surface area contributed by atoms with E-state index in [0.717, 1.165) is 12.8 Å². The fourth-order valence-electron chi connectivity index (χ4n) is 0.384. The molecule has 10 heavy (non-hydrogen) atoms. The molecule has 0 rings (SSSR count). The monoisotopic (exact) mass is 212 g/mol. The van der Waals surface area contributed by atoms with Crippen molar-refractivity contribution in [3.05, 3.63) is 0 Å². The number of hydrogen-bond donors (Lipinski definition) is 1. The second-order valence-electron chi connectivity index (χ2n) is 1.75. The molecule has 0 heterocycles. The van der Waals surface area contributed by atoms with Gasteiger partial charge in [0.15, 0.2) is 0 Å². The molecule has 0 amide bonds. The predicted octanol–water partition coefficient (Wildman–Crippen LogP) is -1.00. The zero-order valence-corrected chi connectivity index (χ0v) is 7.45. The van der Waals surface area contributed by atoms with Gasteiger partial charge in [0.2, 0.25) is 0 Å². The summed E-state index contributed by atoms with van der Waals surface area (Å²) in [6.45, 7) is 2.34. The molecule has 0 fully saturated rings. The Balaban J connectivity index is 3.58. The van der Waals surface area contributed by atoms with Crippen molar-refractivity contribution in [1.82, 2.24) is 0 Å². The molecule has 0 aromatic rings. The molecule has 0 aliphatic carbocycles. The summed E-state index contributed by atoms with van der Waals surface area (Å²) in [7, 11) is 0. The minimum absolute atomic E-state index is 0.373. The molecular formula is C5H10NO3Se-. The standard InChI is InChI=1S/C5H11NO3Se/c1-2-3-4-6-5(7)10(8)9/h2-4H2,1H3,(H,6,7)(H,8,9)/p-1. The van der Waals surface area contributed by atoms with Crippen molar-refractivity contribution < 1.29 is 13.1 Å². The number of unbranched alkanes of at least 4 members (excludes halogenated alkanes) is 1. The summed E-state index contributed by atoms with van der Waals surface area (Å²) in [6.07, 6.45) is 1.73. The Morgan fingerprint density at radius 1 is 1.80 bits per heavy atom. The van der Waals surface area contributed by atoms with Crippen LogP contribution in [0.25, 0.3) is 0 Å². The van der Waals surface area contributed by atoms with Gasteiger partial charge in [-0.1, -0.05) is 0 Å². The first-order valence-electron chi connectivity index (χ1n) is 3.00. The van der Waals surface area contributed by atoms with Crippen molar-refractivity contribution in [2.45, 2.75) is 19.8 Å². The van der Waals surface area contributed by atoms with E-state index in [2.05, 4.69) is 4.99 Å². The Bertz CT molecular complexity index is 146. The third-order valence-corrected chi connectivity index (χ3v) is 1.80. The molecule has 1 unspecified atom stereocenters. The molecule has 0 aliphatic heterocycles. The summed E-state index contributed by atoms with van der Waals surface area (Å²) in [5.41, 5.74) is 0. The van der Waals surface area contributed by atoms with Crippen LogP contribution in [0.15, 0.2) is 4.99 Å². The predicted molar refractivity (Wildman–Crippen MR) is 35.9 cm³/mol. The first-order valence-corrected chi connectivity index (χ1v) is 5.33. The van der Waals surface area contributed by atoms with Crippen LogP contribution in [0.3, 0.4) is 0 Å². The van der Waals surface area contributed by atoms with E-state index in [1.165, 1.54) is 0 Å². The van der Waals surface area contributed by atoms with E-state index in [1.807, 2.05) is 6.92 Å². The molecule has 0 saturated carbocycles. The van der Waals surface area contributed by atoms with Crippen LogP contribution in [0, 0.1) is 0 Å². The van der Waals surface area contributed by atoms with Gasteiger partial charge in [-0.25, -0.2) is 0 Å². The summed E-state index contributed by atoms with van der Waals surface area (Å²) in [5, 5.41) is 10.3. The summed E-state index contributed by atoms with van der Waals surface area (Å²) in [5.74, 6) is 0. The fraction of sp³-hybridized carbons (Fsp3) is 0.800. The van der Waals surface area contributed by atoms with Crippen LogP contribution in [0.4, 0.5) is 0 Å². The van der Waals surface area contributed by atoms with E-state index >= 15 is 0 Å². The maximum atomic E-state index is 10.3. The van der Waals surface area contributed by atoms with Gasteiger partial charge in [-0.05, 0) is 0 Å². The van der Waals surface area contributed by atoms with Crippen LogP contribution in [-0.4, -0.2) is 29.7 Å². The average molecular weight is 211 g/mol. The van der Waals surface area contributed by atoms with E-state index in [9.17, 15) is 8.94 Å². The van der Waals surface area contributed by atoms with Crippen molar-refractivity contribution in [3.63, 3.8) is 0 Å². The van der Waals surface area contributed by atoms with Crippen LogP contribution in [-0.2, 0) is 3.83 Å². The second kappa shape index (κ2) is 5.53. The van der Waals surface area contributed by atoms with Crippen LogP contribution in [0.2, 0.25) is 0 Å². The Morgan fingerprint density at radius 3 is 2.80 bits per heavy atom. The third-order valence-electron chi connectivity index (χ3n) is 0.902. The molecular weight excluding hydrogens is 201 g/mol. The summed E-state index contributed by atoms with van der Waals surface area (Å²) < 4.78 is 18.3. The molecule has 1 atom stereocenters. The molecule has 0 bridgehead atoms. The van der Waals surface area contributed by atoms with Gasteiger partial charge in [-0.2, -0.15) is 0 Å². The molecule has 0 aromatic carbocycles. The van der Waals surface area contributed by atoms with Crippen LogP contribution < -0.4 is 5.11 Å². The quantitative estimate of drug-likeness (QED) is 0.280. The average Bonchev–Trinajstić information content (AvgIpc) is 1.88. The molecule has 5 heteroatoms. The van der Waals surface area contributed by atoms with Crippen LogP contribution in [0.1, 0.15) is 19.8 Å². The van der Waals surface area contributed by atoms with E-state index in [-0.39, 0.29) is 0 Å². The Morgan fingerprint density at radius 2 is 2.40 bits per heavy atom. The van der Waals surface area contributed by atoms with Crippen LogP contribution >= 0.6 is 0 Å². The topological polar surface area (TPSA) is 72.7 Å². The Kier molecular flexibility index (Phi) is 5.39.